The predicted molar refractivity (Wildman–Crippen MR) is 111 cm³/mol. The van der Waals surface area contributed by atoms with Gasteiger partial charge in [-0.3, -0.25) is 0 Å². The Morgan fingerprint density at radius 3 is 2.41 bits per heavy atom. The van der Waals surface area contributed by atoms with Gasteiger partial charge in [0.15, 0.2) is 5.82 Å². The molecule has 27 heavy (non-hydrogen) atoms. The summed E-state index contributed by atoms with van der Waals surface area (Å²) >= 11 is 0. The predicted octanol–water partition coefficient (Wildman–Crippen LogP) is 4.51. The summed E-state index contributed by atoms with van der Waals surface area (Å²) in [7, 11) is 1.71. The van der Waals surface area contributed by atoms with E-state index < -0.39 is 0 Å². The van der Waals surface area contributed by atoms with E-state index in [0.717, 1.165) is 43.3 Å². The zero-order valence-corrected chi connectivity index (χ0v) is 15.9. The maximum atomic E-state index is 5.11. The first-order valence-electron chi connectivity index (χ1n) is 9.21. The molecule has 0 aliphatic rings. The molecular weight excluding hydrogens is 336 g/mol. The fourth-order valence-electron chi connectivity index (χ4n) is 2.79. The summed E-state index contributed by atoms with van der Waals surface area (Å²) in [6.07, 6.45) is 0.924. The second-order valence-corrected chi connectivity index (χ2v) is 6.44. The first-order chi connectivity index (χ1) is 13.2. The Hall–Kier alpha value is -2.92. The molecule has 140 valence electrons. The highest BCUT2D eigenvalue weighted by molar-refractivity contribution is 5.61. The highest BCUT2D eigenvalue weighted by atomic mass is 16.5. The van der Waals surface area contributed by atoms with E-state index in [0.29, 0.717) is 5.82 Å². The smallest absolute Gasteiger partial charge is 0.163 e. The fraction of sp³-hybridized carbons (Fsp3) is 0.273. The summed E-state index contributed by atoms with van der Waals surface area (Å²) in [5, 5.41) is 6.79. The summed E-state index contributed by atoms with van der Waals surface area (Å²) in [5.74, 6) is 2.32. The first kappa shape index (κ1) is 18.9. The van der Waals surface area contributed by atoms with Crippen molar-refractivity contribution in [1.29, 1.82) is 0 Å². The lowest BCUT2D eigenvalue weighted by Gasteiger charge is -2.12. The van der Waals surface area contributed by atoms with Crippen LogP contribution in [0.3, 0.4) is 0 Å². The molecule has 0 atom stereocenters. The third-order valence-corrected chi connectivity index (χ3v) is 4.15. The lowest BCUT2D eigenvalue weighted by molar-refractivity contribution is 0.198. The van der Waals surface area contributed by atoms with E-state index in [2.05, 4.69) is 46.8 Å². The molecule has 0 unspecified atom stereocenters. The van der Waals surface area contributed by atoms with Crippen LogP contribution in [0.5, 0.6) is 0 Å². The third-order valence-electron chi connectivity index (χ3n) is 4.15. The van der Waals surface area contributed by atoms with Gasteiger partial charge in [-0.15, -0.1) is 0 Å². The number of aromatic nitrogens is 2. The van der Waals surface area contributed by atoms with Crippen LogP contribution in [-0.4, -0.2) is 30.2 Å². The molecule has 0 fully saturated rings. The van der Waals surface area contributed by atoms with Crippen LogP contribution in [0.4, 0.5) is 11.6 Å². The van der Waals surface area contributed by atoms with E-state index >= 15 is 0 Å². The van der Waals surface area contributed by atoms with Gasteiger partial charge in [0.05, 0.1) is 0 Å². The Kier molecular flexibility index (Phi) is 6.77. The Bertz CT molecular complexity index is 852. The topological polar surface area (TPSA) is 59.1 Å². The average Bonchev–Trinajstić information content (AvgIpc) is 2.70. The van der Waals surface area contributed by atoms with Gasteiger partial charge in [0.2, 0.25) is 0 Å². The molecule has 0 radical (unpaired) electrons. The van der Waals surface area contributed by atoms with E-state index in [9.17, 15) is 0 Å². The summed E-state index contributed by atoms with van der Waals surface area (Å²) in [4.78, 5) is 9.37. The number of nitrogens with one attached hydrogen (secondary N) is 2. The van der Waals surface area contributed by atoms with E-state index in [1.54, 1.807) is 7.11 Å². The van der Waals surface area contributed by atoms with Crippen molar-refractivity contribution in [2.75, 3.05) is 30.9 Å². The molecule has 2 aromatic carbocycles. The molecule has 0 amide bonds. The maximum Gasteiger partial charge on any atom is 0.163 e. The van der Waals surface area contributed by atoms with Gasteiger partial charge in [-0.1, -0.05) is 60.2 Å². The molecule has 0 saturated carbocycles. The minimum absolute atomic E-state index is 0.707. The number of rotatable bonds is 9. The fourth-order valence-corrected chi connectivity index (χ4v) is 2.79. The Labute approximate surface area is 160 Å². The number of methoxy groups -OCH3 is 1. The van der Waals surface area contributed by atoms with Crippen LogP contribution < -0.4 is 10.6 Å². The molecule has 1 heterocycles. The van der Waals surface area contributed by atoms with Crippen LogP contribution in [0.2, 0.25) is 0 Å². The molecular formula is C22H26N4O. The second kappa shape index (κ2) is 9.69. The average molecular weight is 362 g/mol. The lowest BCUT2D eigenvalue weighted by Crippen LogP contribution is -2.09. The quantitative estimate of drug-likeness (QED) is 0.548. The Balaban J connectivity index is 1.78. The van der Waals surface area contributed by atoms with E-state index in [1.165, 1.54) is 11.1 Å². The largest absolute Gasteiger partial charge is 0.385 e. The van der Waals surface area contributed by atoms with Crippen molar-refractivity contribution >= 4 is 11.6 Å². The summed E-state index contributed by atoms with van der Waals surface area (Å²) < 4.78 is 5.11. The normalized spacial score (nSPS) is 10.6. The number of benzene rings is 2. The lowest BCUT2D eigenvalue weighted by atomic mass is 10.1. The Morgan fingerprint density at radius 2 is 1.67 bits per heavy atom. The number of nitrogens with zero attached hydrogens (tertiary/aromatic N) is 2. The monoisotopic (exact) mass is 362 g/mol. The molecule has 0 aliphatic carbocycles. The van der Waals surface area contributed by atoms with Crippen LogP contribution in [0.1, 0.15) is 17.5 Å². The minimum Gasteiger partial charge on any atom is -0.385 e. The molecule has 3 aromatic rings. The van der Waals surface area contributed by atoms with Gasteiger partial charge in [0.1, 0.15) is 11.6 Å². The van der Waals surface area contributed by atoms with Crippen molar-refractivity contribution in [2.45, 2.75) is 19.9 Å². The van der Waals surface area contributed by atoms with Crippen molar-refractivity contribution < 1.29 is 4.74 Å². The molecule has 0 saturated heterocycles. The molecule has 5 nitrogen and oxygen atoms in total. The molecule has 3 rings (SSSR count). The van der Waals surface area contributed by atoms with Crippen LogP contribution in [0.15, 0.2) is 60.7 Å². The summed E-state index contributed by atoms with van der Waals surface area (Å²) in [5.41, 5.74) is 3.48. The van der Waals surface area contributed by atoms with Crippen molar-refractivity contribution in [3.05, 3.63) is 71.8 Å². The van der Waals surface area contributed by atoms with Gasteiger partial charge < -0.3 is 15.4 Å². The van der Waals surface area contributed by atoms with Gasteiger partial charge in [-0.25, -0.2) is 9.97 Å². The molecule has 0 spiro atoms. The standard InChI is InChI=1S/C22H26N4O/c1-17-8-6-9-18(14-17)16-24-21-15-20(23-12-7-13-27-2)25-22(26-21)19-10-4-3-5-11-19/h3-6,8-11,14-15H,7,12-13,16H2,1-2H3,(H2,23,24,25,26). The SMILES string of the molecule is COCCCNc1cc(NCc2cccc(C)c2)nc(-c2ccccc2)n1. The van der Waals surface area contributed by atoms with E-state index in [-0.39, 0.29) is 0 Å². The number of aryl methyl sites for hydroxylation is 1. The second-order valence-electron chi connectivity index (χ2n) is 6.44. The maximum absolute atomic E-state index is 5.11. The van der Waals surface area contributed by atoms with Crippen molar-refractivity contribution in [3.63, 3.8) is 0 Å². The highest BCUT2D eigenvalue weighted by Crippen LogP contribution is 2.20. The van der Waals surface area contributed by atoms with Crippen molar-refractivity contribution in [2.24, 2.45) is 0 Å². The van der Waals surface area contributed by atoms with Gasteiger partial charge >= 0.3 is 0 Å². The zero-order chi connectivity index (χ0) is 18.9. The van der Waals surface area contributed by atoms with Crippen molar-refractivity contribution in [1.82, 2.24) is 9.97 Å². The van der Waals surface area contributed by atoms with Crippen LogP contribution in [-0.2, 0) is 11.3 Å². The van der Waals surface area contributed by atoms with Gasteiger partial charge in [0, 0.05) is 38.4 Å². The van der Waals surface area contributed by atoms with E-state index in [4.69, 9.17) is 9.72 Å². The van der Waals surface area contributed by atoms with E-state index in [1.807, 2.05) is 36.4 Å². The van der Waals surface area contributed by atoms with Gasteiger partial charge in [-0.05, 0) is 18.9 Å². The zero-order valence-electron chi connectivity index (χ0n) is 15.9. The molecule has 5 heteroatoms. The molecule has 0 aliphatic heterocycles. The van der Waals surface area contributed by atoms with Gasteiger partial charge in [-0.2, -0.15) is 0 Å². The Morgan fingerprint density at radius 1 is 0.889 bits per heavy atom. The van der Waals surface area contributed by atoms with Crippen molar-refractivity contribution in [3.8, 4) is 11.4 Å². The number of hydrogen-bond donors (Lipinski definition) is 2. The van der Waals surface area contributed by atoms with Crippen LogP contribution >= 0.6 is 0 Å². The highest BCUT2D eigenvalue weighted by Gasteiger charge is 2.07. The van der Waals surface area contributed by atoms with Crippen LogP contribution in [0, 0.1) is 6.92 Å². The summed E-state index contributed by atoms with van der Waals surface area (Å²) in [6, 6.07) is 20.5. The van der Waals surface area contributed by atoms with Crippen LogP contribution in [0.25, 0.3) is 11.4 Å². The molecule has 2 N–H and O–H groups in total. The molecule has 0 bridgehead atoms. The minimum atomic E-state index is 0.707. The third kappa shape index (κ3) is 5.79. The molecule has 1 aromatic heterocycles. The summed E-state index contributed by atoms with van der Waals surface area (Å²) in [6.45, 7) is 4.35. The first-order valence-corrected chi connectivity index (χ1v) is 9.21. The van der Waals surface area contributed by atoms with Gasteiger partial charge in [0.25, 0.3) is 0 Å². The number of hydrogen-bond acceptors (Lipinski definition) is 5. The number of ether oxygens (including phenoxy) is 1. The number of anilines is 2.